The first-order valence-electron chi connectivity index (χ1n) is 12.4. The second-order valence-electron chi connectivity index (χ2n) is 8.79. The van der Waals surface area contributed by atoms with Crippen LogP contribution in [0.25, 0.3) is 0 Å². The average molecular weight is 534 g/mol. The SMILES string of the molecule is O=C([O-])COc1ccc(C[C@H](NC(=O)c2ccoc2)C(=O)NCCCCc2ccccc2)cc1C1=NNNN1. The van der Waals surface area contributed by atoms with Crippen molar-refractivity contribution in [3.63, 3.8) is 0 Å². The Balaban J connectivity index is 1.44. The highest BCUT2D eigenvalue weighted by molar-refractivity contribution is 6.01. The van der Waals surface area contributed by atoms with E-state index in [1.165, 1.54) is 24.2 Å². The molecule has 0 saturated carbocycles. The maximum Gasteiger partial charge on any atom is 0.255 e. The molecule has 12 heteroatoms. The van der Waals surface area contributed by atoms with E-state index in [2.05, 4.69) is 44.4 Å². The van der Waals surface area contributed by atoms with Gasteiger partial charge in [0.15, 0.2) is 5.84 Å². The van der Waals surface area contributed by atoms with Gasteiger partial charge in [-0.2, -0.15) is 0 Å². The van der Waals surface area contributed by atoms with Gasteiger partial charge in [0.25, 0.3) is 5.91 Å². The van der Waals surface area contributed by atoms with E-state index in [4.69, 9.17) is 9.15 Å². The molecule has 12 nitrogen and oxygen atoms in total. The Kier molecular flexibility index (Phi) is 9.51. The summed E-state index contributed by atoms with van der Waals surface area (Å²) in [6, 6.07) is 15.7. The van der Waals surface area contributed by atoms with Crippen molar-refractivity contribution in [3.05, 3.63) is 89.4 Å². The highest BCUT2D eigenvalue weighted by Gasteiger charge is 2.24. The number of carboxylic acid groups (broad SMARTS) is 1. The lowest BCUT2D eigenvalue weighted by Gasteiger charge is -2.20. The molecule has 0 fully saturated rings. The van der Waals surface area contributed by atoms with Crippen LogP contribution in [0.3, 0.4) is 0 Å². The van der Waals surface area contributed by atoms with Crippen LogP contribution in [-0.2, 0) is 22.4 Å². The Hall–Kier alpha value is -4.84. The van der Waals surface area contributed by atoms with Crippen LogP contribution < -0.4 is 37.0 Å². The number of nitrogens with one attached hydrogen (secondary N) is 5. The van der Waals surface area contributed by atoms with Gasteiger partial charge in [-0.3, -0.25) is 15.0 Å². The minimum atomic E-state index is -1.37. The van der Waals surface area contributed by atoms with E-state index < -0.39 is 24.5 Å². The average Bonchev–Trinajstić information content (AvgIpc) is 3.67. The van der Waals surface area contributed by atoms with Crippen LogP contribution in [0.4, 0.5) is 0 Å². The molecule has 0 radical (unpaired) electrons. The zero-order chi connectivity index (χ0) is 27.5. The van der Waals surface area contributed by atoms with Crippen molar-refractivity contribution in [2.45, 2.75) is 31.7 Å². The van der Waals surface area contributed by atoms with Gasteiger partial charge in [-0.1, -0.05) is 36.4 Å². The predicted molar refractivity (Wildman–Crippen MR) is 139 cm³/mol. The summed E-state index contributed by atoms with van der Waals surface area (Å²) in [7, 11) is 0. The molecule has 2 amide bonds. The predicted octanol–water partition coefficient (Wildman–Crippen LogP) is 0.163. The van der Waals surface area contributed by atoms with E-state index in [1.54, 1.807) is 18.2 Å². The number of benzene rings is 2. The highest BCUT2D eigenvalue weighted by atomic mass is 16.5. The first kappa shape index (κ1) is 27.2. The number of unbranched alkanes of at least 4 members (excludes halogenated alkanes) is 1. The number of furan rings is 1. The minimum Gasteiger partial charge on any atom is -0.546 e. The summed E-state index contributed by atoms with van der Waals surface area (Å²) in [5.74, 6) is -1.54. The summed E-state index contributed by atoms with van der Waals surface area (Å²) < 4.78 is 10.3. The Labute approximate surface area is 224 Å². The fourth-order valence-electron chi connectivity index (χ4n) is 3.99. The number of hydrazone groups is 1. The second-order valence-corrected chi connectivity index (χ2v) is 8.79. The third-order valence-corrected chi connectivity index (χ3v) is 5.93. The normalized spacial score (nSPS) is 13.0. The number of hydrogen-bond donors (Lipinski definition) is 5. The molecule has 0 spiro atoms. The van der Waals surface area contributed by atoms with Crippen LogP contribution in [0.5, 0.6) is 5.75 Å². The first-order chi connectivity index (χ1) is 19.0. The van der Waals surface area contributed by atoms with Crippen LogP contribution in [0, 0.1) is 0 Å². The number of ether oxygens (including phenoxy) is 1. The molecule has 1 aromatic heterocycles. The molecule has 0 bridgehead atoms. The number of hydrazine groups is 2. The van der Waals surface area contributed by atoms with Gasteiger partial charge < -0.3 is 29.7 Å². The first-order valence-corrected chi connectivity index (χ1v) is 12.4. The molecule has 0 unspecified atom stereocenters. The van der Waals surface area contributed by atoms with Gasteiger partial charge in [0.2, 0.25) is 5.91 Å². The lowest BCUT2D eigenvalue weighted by molar-refractivity contribution is -0.307. The molecular weight excluding hydrogens is 504 g/mol. The van der Waals surface area contributed by atoms with Crippen molar-refractivity contribution in [1.82, 2.24) is 27.1 Å². The van der Waals surface area contributed by atoms with Crippen LogP contribution >= 0.6 is 0 Å². The summed E-state index contributed by atoms with van der Waals surface area (Å²) in [4.78, 5) is 36.8. The monoisotopic (exact) mass is 533 g/mol. The molecule has 0 aliphatic carbocycles. The zero-order valence-electron chi connectivity index (χ0n) is 21.1. The van der Waals surface area contributed by atoms with Crippen molar-refractivity contribution in [1.29, 1.82) is 0 Å². The Morgan fingerprint density at radius 2 is 1.90 bits per heavy atom. The summed E-state index contributed by atoms with van der Waals surface area (Å²) in [5, 5.41) is 20.7. The van der Waals surface area contributed by atoms with Gasteiger partial charge in [-0.25, -0.2) is 5.53 Å². The van der Waals surface area contributed by atoms with E-state index in [9.17, 15) is 19.5 Å². The van der Waals surface area contributed by atoms with Crippen molar-refractivity contribution < 1.29 is 28.6 Å². The molecule has 1 aliphatic rings. The zero-order valence-corrected chi connectivity index (χ0v) is 21.1. The van der Waals surface area contributed by atoms with Gasteiger partial charge in [0.1, 0.15) is 24.7 Å². The standard InChI is InChI=1S/C27H30N6O6/c34-24(35)17-39-23-10-9-19(14-21(23)25-30-32-33-31-25)15-22(29-26(36)20-11-13-38-16-20)27(37)28-12-5-4-8-18-6-2-1-3-7-18/h1-3,6-7,9-11,13-14,16,22,32-33H,4-5,8,12,15,17H2,(H,28,37)(H,29,36)(H,30,31)(H,34,35)/p-1/t22-/m0/s1. The van der Waals surface area contributed by atoms with E-state index >= 15 is 0 Å². The fraction of sp³-hybridized carbons (Fsp3) is 0.259. The molecule has 2 aromatic carbocycles. The molecule has 1 aliphatic heterocycles. The van der Waals surface area contributed by atoms with Crippen LogP contribution in [-0.4, -0.2) is 42.8 Å². The van der Waals surface area contributed by atoms with Crippen molar-refractivity contribution >= 4 is 23.6 Å². The van der Waals surface area contributed by atoms with Gasteiger partial charge in [-0.05, 0) is 48.6 Å². The quantitative estimate of drug-likeness (QED) is 0.181. The van der Waals surface area contributed by atoms with E-state index in [-0.39, 0.29) is 18.1 Å². The largest absolute Gasteiger partial charge is 0.546 e. The lowest BCUT2D eigenvalue weighted by Crippen LogP contribution is -2.48. The number of amidine groups is 1. The molecule has 5 N–H and O–H groups in total. The smallest absolute Gasteiger partial charge is 0.255 e. The van der Waals surface area contributed by atoms with Crippen LogP contribution in [0.2, 0.25) is 0 Å². The lowest BCUT2D eigenvalue weighted by atomic mass is 10.0. The maximum absolute atomic E-state index is 13.2. The minimum absolute atomic E-state index is 0.154. The summed E-state index contributed by atoms with van der Waals surface area (Å²) in [6.07, 6.45) is 5.44. The van der Waals surface area contributed by atoms with E-state index in [0.29, 0.717) is 29.1 Å². The maximum atomic E-state index is 13.2. The van der Waals surface area contributed by atoms with Crippen molar-refractivity contribution in [3.8, 4) is 5.75 Å². The Morgan fingerprint density at radius 1 is 1.05 bits per heavy atom. The van der Waals surface area contributed by atoms with Gasteiger partial charge in [-0.15, -0.1) is 10.6 Å². The summed E-state index contributed by atoms with van der Waals surface area (Å²) >= 11 is 0. The number of carboxylic acids is 1. The van der Waals surface area contributed by atoms with Crippen LogP contribution in [0.15, 0.2) is 76.6 Å². The number of carbonyl (C=O) groups is 3. The van der Waals surface area contributed by atoms with Gasteiger partial charge in [0.05, 0.1) is 23.4 Å². The second kappa shape index (κ2) is 13.6. The van der Waals surface area contributed by atoms with E-state index in [0.717, 1.165) is 19.3 Å². The molecule has 0 saturated heterocycles. The molecule has 1 atom stereocenters. The third kappa shape index (κ3) is 8.07. The van der Waals surface area contributed by atoms with Crippen LogP contribution in [0.1, 0.15) is 39.9 Å². The number of hydrogen-bond acceptors (Lipinski definition) is 10. The number of aryl methyl sites for hydroxylation is 1. The molecule has 4 rings (SSSR count). The van der Waals surface area contributed by atoms with Gasteiger partial charge >= 0.3 is 0 Å². The summed E-state index contributed by atoms with van der Waals surface area (Å²) in [6.45, 7) is -0.181. The molecule has 2 heterocycles. The number of amides is 2. The number of aliphatic carboxylic acids is 1. The molecule has 3 aromatic rings. The molecule has 204 valence electrons. The molecule has 39 heavy (non-hydrogen) atoms. The fourth-order valence-corrected chi connectivity index (χ4v) is 3.99. The topological polar surface area (TPSA) is 169 Å². The third-order valence-electron chi connectivity index (χ3n) is 5.93. The number of carbonyl (C=O) groups excluding carboxylic acids is 3. The number of nitrogens with zero attached hydrogens (tertiary/aromatic N) is 1. The highest BCUT2D eigenvalue weighted by Crippen LogP contribution is 2.22. The van der Waals surface area contributed by atoms with E-state index in [1.807, 2.05) is 18.2 Å². The van der Waals surface area contributed by atoms with Gasteiger partial charge in [0, 0.05) is 13.0 Å². The van der Waals surface area contributed by atoms with Crippen molar-refractivity contribution in [2.75, 3.05) is 13.2 Å². The Morgan fingerprint density at radius 3 is 2.62 bits per heavy atom. The Bertz CT molecular complexity index is 1300. The number of rotatable bonds is 14. The molecular formula is C27H29N6O6-. The van der Waals surface area contributed by atoms with Crippen molar-refractivity contribution in [2.24, 2.45) is 5.10 Å². The summed E-state index contributed by atoms with van der Waals surface area (Å²) in [5.41, 5.74) is 10.6.